The van der Waals surface area contributed by atoms with Crippen molar-refractivity contribution in [3.63, 3.8) is 0 Å². The minimum absolute atomic E-state index is 0.986. The lowest BCUT2D eigenvalue weighted by molar-refractivity contribution is -0.660. The van der Waals surface area contributed by atoms with Crippen molar-refractivity contribution >= 4 is 0 Å². The van der Waals surface area contributed by atoms with Gasteiger partial charge in [-0.2, -0.15) is 0 Å². The SMILES string of the molecule is Cc1cc(-c2c(C)ccc3c2Cc2c(-c4ccccc4)cccc2-3)[n+](C)cc1C. The molecule has 1 heterocycles. The van der Waals surface area contributed by atoms with Crippen molar-refractivity contribution < 1.29 is 4.57 Å². The Balaban J connectivity index is 1.74. The Morgan fingerprint density at radius 3 is 2.17 bits per heavy atom. The van der Waals surface area contributed by atoms with Crippen LogP contribution in [0.1, 0.15) is 27.8 Å². The number of pyridine rings is 1. The van der Waals surface area contributed by atoms with Crippen LogP contribution in [0.25, 0.3) is 33.5 Å². The number of rotatable bonds is 2. The smallest absolute Gasteiger partial charge is 0.201 e. The average Bonchev–Trinajstić information content (AvgIpc) is 3.10. The van der Waals surface area contributed by atoms with E-state index < -0.39 is 0 Å². The maximum Gasteiger partial charge on any atom is 0.213 e. The molecule has 4 aromatic rings. The van der Waals surface area contributed by atoms with E-state index in [1.54, 1.807) is 0 Å². The molecule has 0 fully saturated rings. The second-order valence-electron chi connectivity index (χ2n) is 8.29. The molecule has 0 N–H and O–H groups in total. The van der Waals surface area contributed by atoms with Crippen LogP contribution >= 0.6 is 0 Å². The van der Waals surface area contributed by atoms with Gasteiger partial charge in [0, 0.05) is 18.1 Å². The number of aromatic nitrogens is 1. The molecule has 1 heteroatoms. The van der Waals surface area contributed by atoms with E-state index in [0.717, 1.165) is 6.42 Å². The van der Waals surface area contributed by atoms with Crippen LogP contribution in [0.2, 0.25) is 0 Å². The van der Waals surface area contributed by atoms with E-state index >= 15 is 0 Å². The zero-order chi connectivity index (χ0) is 20.1. The highest BCUT2D eigenvalue weighted by Crippen LogP contribution is 2.45. The van der Waals surface area contributed by atoms with Gasteiger partial charge >= 0.3 is 0 Å². The van der Waals surface area contributed by atoms with Gasteiger partial charge in [-0.15, -0.1) is 0 Å². The molecule has 0 saturated heterocycles. The molecule has 3 aromatic carbocycles. The molecule has 0 spiro atoms. The fraction of sp³-hybridized carbons (Fsp3) is 0.179. The minimum atomic E-state index is 0.986. The van der Waals surface area contributed by atoms with Crippen molar-refractivity contribution in [3.05, 3.63) is 101 Å². The first kappa shape index (κ1) is 17.9. The fourth-order valence-electron chi connectivity index (χ4n) is 4.78. The first-order chi connectivity index (χ1) is 14.0. The molecule has 0 aliphatic heterocycles. The highest BCUT2D eigenvalue weighted by molar-refractivity contribution is 5.89. The van der Waals surface area contributed by atoms with Crippen LogP contribution in [0.15, 0.2) is 72.9 Å². The topological polar surface area (TPSA) is 3.88 Å². The first-order valence-electron chi connectivity index (χ1n) is 10.3. The molecule has 0 bridgehead atoms. The van der Waals surface area contributed by atoms with Crippen LogP contribution in [-0.2, 0) is 13.5 Å². The van der Waals surface area contributed by atoms with E-state index in [1.165, 1.54) is 61.3 Å². The first-order valence-corrected chi connectivity index (χ1v) is 10.3. The molecule has 5 rings (SSSR count). The second-order valence-corrected chi connectivity index (χ2v) is 8.29. The van der Waals surface area contributed by atoms with E-state index in [1.807, 2.05) is 0 Å². The maximum absolute atomic E-state index is 2.35. The van der Waals surface area contributed by atoms with Gasteiger partial charge in [0.2, 0.25) is 5.69 Å². The van der Waals surface area contributed by atoms with Crippen LogP contribution in [0.3, 0.4) is 0 Å². The summed E-state index contributed by atoms with van der Waals surface area (Å²) in [5, 5.41) is 0. The molecule has 0 amide bonds. The number of hydrogen-bond acceptors (Lipinski definition) is 0. The zero-order valence-electron chi connectivity index (χ0n) is 17.6. The van der Waals surface area contributed by atoms with Gasteiger partial charge < -0.3 is 0 Å². The predicted octanol–water partition coefficient (Wildman–Crippen LogP) is 6.34. The molecular weight excluding hydrogens is 350 g/mol. The molecular formula is C28H26N+. The Kier molecular flexibility index (Phi) is 4.13. The van der Waals surface area contributed by atoms with E-state index in [9.17, 15) is 0 Å². The highest BCUT2D eigenvalue weighted by atomic mass is 14.9. The van der Waals surface area contributed by atoms with Gasteiger partial charge in [0.05, 0.1) is 5.56 Å². The van der Waals surface area contributed by atoms with Gasteiger partial charge in [0.25, 0.3) is 0 Å². The van der Waals surface area contributed by atoms with Crippen molar-refractivity contribution in [3.8, 4) is 33.5 Å². The number of benzene rings is 3. The summed E-state index contributed by atoms with van der Waals surface area (Å²) < 4.78 is 2.28. The fourth-order valence-corrected chi connectivity index (χ4v) is 4.78. The summed E-state index contributed by atoms with van der Waals surface area (Å²) in [5.41, 5.74) is 15.0. The summed E-state index contributed by atoms with van der Waals surface area (Å²) in [4.78, 5) is 0. The van der Waals surface area contributed by atoms with Crippen LogP contribution in [0.5, 0.6) is 0 Å². The Bertz CT molecular complexity index is 1250. The normalized spacial score (nSPS) is 12.0. The number of hydrogen-bond donors (Lipinski definition) is 0. The van der Waals surface area contributed by atoms with Gasteiger partial charge in [-0.3, -0.25) is 0 Å². The Morgan fingerprint density at radius 1 is 0.655 bits per heavy atom. The lowest BCUT2D eigenvalue weighted by Gasteiger charge is -2.12. The molecule has 1 aromatic heterocycles. The summed E-state index contributed by atoms with van der Waals surface area (Å²) in [7, 11) is 2.16. The summed E-state index contributed by atoms with van der Waals surface area (Å²) in [6.07, 6.45) is 3.24. The molecule has 1 aliphatic carbocycles. The van der Waals surface area contributed by atoms with Crippen LogP contribution in [0.4, 0.5) is 0 Å². The Hall–Kier alpha value is -3.19. The Labute approximate surface area is 173 Å². The lowest BCUT2D eigenvalue weighted by atomic mass is 9.93. The number of fused-ring (bicyclic) bond motifs is 3. The monoisotopic (exact) mass is 376 g/mol. The molecule has 0 saturated carbocycles. The zero-order valence-corrected chi connectivity index (χ0v) is 17.6. The molecule has 0 radical (unpaired) electrons. The van der Waals surface area contributed by atoms with Crippen LogP contribution in [0, 0.1) is 20.8 Å². The maximum atomic E-state index is 2.35. The van der Waals surface area contributed by atoms with Crippen molar-refractivity contribution in [2.24, 2.45) is 7.05 Å². The molecule has 1 nitrogen and oxygen atoms in total. The summed E-state index contributed by atoms with van der Waals surface area (Å²) >= 11 is 0. The van der Waals surface area contributed by atoms with Gasteiger partial charge in [0.1, 0.15) is 7.05 Å². The average molecular weight is 377 g/mol. The largest absolute Gasteiger partial charge is 0.213 e. The van der Waals surface area contributed by atoms with E-state index in [-0.39, 0.29) is 0 Å². The van der Waals surface area contributed by atoms with Gasteiger partial charge in [-0.1, -0.05) is 60.7 Å². The van der Waals surface area contributed by atoms with Crippen LogP contribution < -0.4 is 4.57 Å². The van der Waals surface area contributed by atoms with Crippen molar-refractivity contribution in [2.45, 2.75) is 27.2 Å². The van der Waals surface area contributed by atoms with Gasteiger partial charge in [-0.25, -0.2) is 4.57 Å². The molecule has 29 heavy (non-hydrogen) atoms. The summed E-state index contributed by atoms with van der Waals surface area (Å²) in [6.45, 7) is 6.63. The predicted molar refractivity (Wildman–Crippen MR) is 121 cm³/mol. The van der Waals surface area contributed by atoms with Gasteiger partial charge in [0.15, 0.2) is 6.20 Å². The minimum Gasteiger partial charge on any atom is -0.201 e. The van der Waals surface area contributed by atoms with Crippen molar-refractivity contribution in [2.75, 3.05) is 0 Å². The van der Waals surface area contributed by atoms with E-state index in [0.29, 0.717) is 0 Å². The van der Waals surface area contributed by atoms with E-state index in [2.05, 4.69) is 105 Å². The number of nitrogens with zero attached hydrogens (tertiary/aromatic N) is 1. The highest BCUT2D eigenvalue weighted by Gasteiger charge is 2.28. The number of aryl methyl sites for hydroxylation is 4. The lowest BCUT2D eigenvalue weighted by Crippen LogP contribution is -2.32. The van der Waals surface area contributed by atoms with E-state index in [4.69, 9.17) is 0 Å². The van der Waals surface area contributed by atoms with Crippen molar-refractivity contribution in [1.29, 1.82) is 0 Å². The summed E-state index contributed by atoms with van der Waals surface area (Å²) in [5.74, 6) is 0. The van der Waals surface area contributed by atoms with Crippen molar-refractivity contribution in [1.82, 2.24) is 0 Å². The third-order valence-electron chi connectivity index (χ3n) is 6.42. The quantitative estimate of drug-likeness (QED) is 0.316. The third kappa shape index (κ3) is 2.81. The van der Waals surface area contributed by atoms with Gasteiger partial charge in [-0.05, 0) is 65.3 Å². The molecule has 0 unspecified atom stereocenters. The molecule has 0 atom stereocenters. The molecule has 1 aliphatic rings. The molecule has 142 valence electrons. The third-order valence-corrected chi connectivity index (χ3v) is 6.42. The second kappa shape index (κ2) is 6.70. The summed E-state index contributed by atoms with van der Waals surface area (Å²) in [6, 6.07) is 24.5. The Morgan fingerprint density at radius 2 is 1.38 bits per heavy atom. The standard InChI is InChI=1S/C28H26N/c1-18-13-14-24-23-12-8-11-22(21-9-6-5-7-10-21)25(23)16-26(24)28(18)27-15-19(2)20(3)17-29(27)4/h5-15,17H,16H2,1-4H3/q+1. The van der Waals surface area contributed by atoms with Crippen LogP contribution in [-0.4, -0.2) is 0 Å².